The summed E-state index contributed by atoms with van der Waals surface area (Å²) in [6, 6.07) is 10.9. The highest BCUT2D eigenvalue weighted by Gasteiger charge is 2.04. The normalized spacial score (nSPS) is 10.1. The first-order valence-electron chi connectivity index (χ1n) is 6.42. The van der Waals surface area contributed by atoms with Gasteiger partial charge in [-0.25, -0.2) is 0 Å². The monoisotopic (exact) mass is 271 g/mol. The van der Waals surface area contributed by atoms with E-state index in [1.54, 1.807) is 24.3 Å². The smallest absolute Gasteiger partial charge is 0.226 e. The van der Waals surface area contributed by atoms with Crippen molar-refractivity contribution in [3.63, 3.8) is 0 Å². The summed E-state index contributed by atoms with van der Waals surface area (Å²) in [4.78, 5) is 22.8. The minimum Gasteiger partial charge on any atom is -0.354 e. The van der Waals surface area contributed by atoms with Gasteiger partial charge >= 0.3 is 0 Å². The molecule has 2 aromatic rings. The zero-order chi connectivity index (χ0) is 14.4. The van der Waals surface area contributed by atoms with E-state index in [2.05, 4.69) is 10.6 Å². The van der Waals surface area contributed by atoms with Crippen molar-refractivity contribution in [2.75, 3.05) is 10.6 Å². The summed E-state index contributed by atoms with van der Waals surface area (Å²) >= 11 is 0. The van der Waals surface area contributed by atoms with E-state index in [0.29, 0.717) is 24.3 Å². The van der Waals surface area contributed by atoms with Gasteiger partial charge < -0.3 is 15.2 Å². The van der Waals surface area contributed by atoms with Gasteiger partial charge in [-0.05, 0) is 30.3 Å². The molecule has 0 aliphatic rings. The fraction of sp³-hybridized carbons (Fsp3) is 0.200. The molecule has 5 nitrogen and oxygen atoms in total. The van der Waals surface area contributed by atoms with E-state index >= 15 is 0 Å². The Hall–Kier alpha value is -2.56. The summed E-state index contributed by atoms with van der Waals surface area (Å²) < 4.78 is 1.95. The van der Waals surface area contributed by atoms with Crippen LogP contribution in [0.1, 0.15) is 13.3 Å². The predicted molar refractivity (Wildman–Crippen MR) is 78.4 cm³/mol. The predicted octanol–water partition coefficient (Wildman–Crippen LogP) is 2.48. The minimum atomic E-state index is -0.138. The molecule has 0 saturated heterocycles. The molecular weight excluding hydrogens is 254 g/mol. The Kier molecular flexibility index (Phi) is 4.55. The van der Waals surface area contributed by atoms with E-state index in [-0.39, 0.29) is 11.8 Å². The van der Waals surface area contributed by atoms with Gasteiger partial charge in [0.15, 0.2) is 0 Å². The fourth-order valence-electron chi connectivity index (χ4n) is 1.85. The Morgan fingerprint density at radius 3 is 2.35 bits per heavy atom. The molecule has 5 heteroatoms. The number of rotatable bonds is 5. The van der Waals surface area contributed by atoms with Gasteiger partial charge in [-0.15, -0.1) is 0 Å². The lowest BCUT2D eigenvalue weighted by molar-refractivity contribution is -0.116. The van der Waals surface area contributed by atoms with Crippen LogP contribution in [0.2, 0.25) is 0 Å². The Morgan fingerprint density at radius 2 is 1.70 bits per heavy atom. The van der Waals surface area contributed by atoms with Crippen LogP contribution in [0.15, 0.2) is 48.8 Å². The maximum absolute atomic E-state index is 11.8. The third kappa shape index (κ3) is 4.28. The average molecular weight is 271 g/mol. The van der Waals surface area contributed by atoms with Gasteiger partial charge in [-0.3, -0.25) is 9.59 Å². The van der Waals surface area contributed by atoms with Crippen molar-refractivity contribution in [3.05, 3.63) is 48.8 Å². The molecule has 2 rings (SSSR count). The van der Waals surface area contributed by atoms with Crippen molar-refractivity contribution in [1.29, 1.82) is 0 Å². The van der Waals surface area contributed by atoms with Crippen molar-refractivity contribution in [1.82, 2.24) is 4.57 Å². The molecule has 0 saturated carbocycles. The molecule has 1 aromatic heterocycles. The van der Waals surface area contributed by atoms with Crippen LogP contribution in [0.3, 0.4) is 0 Å². The number of carbonyl (C=O) groups excluding carboxylic acids is 2. The van der Waals surface area contributed by atoms with Crippen molar-refractivity contribution < 1.29 is 9.59 Å². The number of carbonyl (C=O) groups is 2. The summed E-state index contributed by atoms with van der Waals surface area (Å²) in [5, 5.41) is 5.49. The van der Waals surface area contributed by atoms with Crippen molar-refractivity contribution in [2.45, 2.75) is 19.9 Å². The van der Waals surface area contributed by atoms with Gasteiger partial charge in [-0.1, -0.05) is 6.07 Å². The van der Waals surface area contributed by atoms with Gasteiger partial charge in [0.25, 0.3) is 0 Å². The second-order valence-corrected chi connectivity index (χ2v) is 4.48. The lowest BCUT2D eigenvalue weighted by atomic mass is 10.2. The van der Waals surface area contributed by atoms with Crippen LogP contribution < -0.4 is 10.6 Å². The molecule has 2 amide bonds. The molecule has 1 aromatic carbocycles. The number of aromatic nitrogens is 1. The Morgan fingerprint density at radius 1 is 1.05 bits per heavy atom. The van der Waals surface area contributed by atoms with Gasteiger partial charge in [-0.2, -0.15) is 0 Å². The minimum absolute atomic E-state index is 0.0568. The molecule has 0 unspecified atom stereocenters. The van der Waals surface area contributed by atoms with Crippen molar-refractivity contribution in [2.24, 2.45) is 0 Å². The van der Waals surface area contributed by atoms with E-state index in [1.807, 2.05) is 29.1 Å². The molecule has 0 radical (unpaired) electrons. The maximum Gasteiger partial charge on any atom is 0.226 e. The number of aryl methyl sites for hydroxylation is 1. The number of hydrogen-bond acceptors (Lipinski definition) is 2. The second kappa shape index (κ2) is 6.56. The number of nitrogens with zero attached hydrogens (tertiary/aromatic N) is 1. The van der Waals surface area contributed by atoms with Gasteiger partial charge in [0.1, 0.15) is 0 Å². The topological polar surface area (TPSA) is 63.1 Å². The maximum atomic E-state index is 11.8. The highest BCUT2D eigenvalue weighted by atomic mass is 16.2. The molecule has 0 spiro atoms. The average Bonchev–Trinajstić information content (AvgIpc) is 2.89. The summed E-state index contributed by atoms with van der Waals surface area (Å²) in [6.45, 7) is 2.09. The van der Waals surface area contributed by atoms with E-state index in [1.165, 1.54) is 6.92 Å². The van der Waals surface area contributed by atoms with Crippen molar-refractivity contribution >= 4 is 23.2 Å². The van der Waals surface area contributed by atoms with E-state index in [9.17, 15) is 9.59 Å². The van der Waals surface area contributed by atoms with Crippen LogP contribution in [-0.4, -0.2) is 16.4 Å². The second-order valence-electron chi connectivity index (χ2n) is 4.48. The number of amides is 2. The molecule has 0 fully saturated rings. The molecule has 20 heavy (non-hydrogen) atoms. The van der Waals surface area contributed by atoms with Gasteiger partial charge in [0.2, 0.25) is 11.8 Å². The van der Waals surface area contributed by atoms with Crippen LogP contribution in [0.25, 0.3) is 0 Å². The van der Waals surface area contributed by atoms with Gasteiger partial charge in [0, 0.05) is 43.7 Å². The zero-order valence-corrected chi connectivity index (χ0v) is 11.3. The summed E-state index contributed by atoms with van der Waals surface area (Å²) in [5.41, 5.74) is 1.34. The molecule has 0 bridgehead atoms. The Labute approximate surface area is 117 Å². The highest BCUT2D eigenvalue weighted by molar-refractivity contribution is 5.93. The zero-order valence-electron chi connectivity index (χ0n) is 11.3. The number of nitrogens with one attached hydrogen (secondary N) is 2. The number of hydrogen-bond donors (Lipinski definition) is 2. The lowest BCUT2D eigenvalue weighted by Gasteiger charge is -2.08. The third-order valence-corrected chi connectivity index (χ3v) is 2.73. The van der Waals surface area contributed by atoms with Crippen LogP contribution in [0.4, 0.5) is 11.4 Å². The van der Waals surface area contributed by atoms with Gasteiger partial charge in [0.05, 0.1) is 0 Å². The quantitative estimate of drug-likeness (QED) is 0.877. The molecule has 1 heterocycles. The Balaban J connectivity index is 1.88. The summed E-state index contributed by atoms with van der Waals surface area (Å²) in [5.74, 6) is -0.195. The standard InChI is InChI=1S/C15H17N3O2/c1-12(19)16-13-5-4-6-14(11-13)17-15(20)7-10-18-8-2-3-9-18/h2-6,8-9,11H,7,10H2,1H3,(H,16,19)(H,17,20). The molecule has 0 aliphatic carbocycles. The molecule has 0 aliphatic heterocycles. The molecule has 104 valence electrons. The third-order valence-electron chi connectivity index (χ3n) is 2.73. The molecule has 0 atom stereocenters. The largest absolute Gasteiger partial charge is 0.354 e. The first-order chi connectivity index (χ1) is 9.63. The van der Waals surface area contributed by atoms with E-state index < -0.39 is 0 Å². The van der Waals surface area contributed by atoms with E-state index in [0.717, 1.165) is 0 Å². The summed E-state index contributed by atoms with van der Waals surface area (Å²) in [6.07, 6.45) is 4.24. The fourth-order valence-corrected chi connectivity index (χ4v) is 1.85. The number of benzene rings is 1. The van der Waals surface area contributed by atoms with Crippen molar-refractivity contribution in [3.8, 4) is 0 Å². The van der Waals surface area contributed by atoms with E-state index in [4.69, 9.17) is 0 Å². The SMILES string of the molecule is CC(=O)Nc1cccc(NC(=O)CCn2cccc2)c1. The van der Waals surface area contributed by atoms with Crippen LogP contribution in [0, 0.1) is 0 Å². The van der Waals surface area contributed by atoms with Crippen LogP contribution in [0.5, 0.6) is 0 Å². The summed E-state index contributed by atoms with van der Waals surface area (Å²) in [7, 11) is 0. The molecule has 2 N–H and O–H groups in total. The molecular formula is C15H17N3O2. The number of anilines is 2. The van der Waals surface area contributed by atoms with Crippen LogP contribution in [-0.2, 0) is 16.1 Å². The highest BCUT2D eigenvalue weighted by Crippen LogP contribution is 2.15. The first kappa shape index (κ1) is 13.9. The van der Waals surface area contributed by atoms with Crippen LogP contribution >= 0.6 is 0 Å². The Bertz CT molecular complexity index is 591. The lowest BCUT2D eigenvalue weighted by Crippen LogP contribution is -2.14. The first-order valence-corrected chi connectivity index (χ1v) is 6.42.